The molecule has 7 heteroatoms. The summed E-state index contributed by atoms with van der Waals surface area (Å²) < 4.78 is 10.5. The number of hydrogen-bond donors (Lipinski definition) is 2. The van der Waals surface area contributed by atoms with Gasteiger partial charge in [-0.1, -0.05) is 23.8 Å². The molecule has 0 aliphatic heterocycles. The number of thioether (sulfide) groups is 1. The van der Waals surface area contributed by atoms with Crippen LogP contribution in [-0.2, 0) is 4.79 Å². The zero-order chi connectivity index (χ0) is 23.1. The van der Waals surface area contributed by atoms with Crippen molar-refractivity contribution in [2.75, 3.05) is 24.9 Å². The third kappa shape index (κ3) is 6.04. The van der Waals surface area contributed by atoms with E-state index >= 15 is 0 Å². The maximum Gasteiger partial charge on any atom is 0.255 e. The van der Waals surface area contributed by atoms with Gasteiger partial charge in [-0.25, -0.2) is 0 Å². The minimum Gasteiger partial charge on any atom is -0.493 e. The standard InChI is InChI=1S/C25H26N2O4S/c1-16-8-11-19(12-9-16)26-24(28)17(2)32-21-7-5-6-20(15-21)27-25(29)18-10-13-22(30-3)23(14-18)31-4/h5-15,17H,1-4H3,(H,26,28)(H,27,29). The Morgan fingerprint density at radius 3 is 2.25 bits per heavy atom. The van der Waals surface area contributed by atoms with Crippen LogP contribution in [0.2, 0.25) is 0 Å². The third-order valence-electron chi connectivity index (χ3n) is 4.74. The number of methoxy groups -OCH3 is 2. The van der Waals surface area contributed by atoms with Gasteiger partial charge in [0.2, 0.25) is 5.91 Å². The molecule has 1 unspecified atom stereocenters. The average Bonchev–Trinajstić information content (AvgIpc) is 2.80. The summed E-state index contributed by atoms with van der Waals surface area (Å²) in [5, 5.41) is 5.50. The predicted molar refractivity (Wildman–Crippen MR) is 129 cm³/mol. The van der Waals surface area contributed by atoms with Crippen LogP contribution in [0.25, 0.3) is 0 Å². The second kappa shape index (κ2) is 10.7. The maximum atomic E-state index is 12.7. The van der Waals surface area contributed by atoms with Gasteiger partial charge in [0.1, 0.15) is 0 Å². The predicted octanol–water partition coefficient (Wildman–Crippen LogP) is 5.38. The molecule has 3 aromatic carbocycles. The molecule has 0 bridgehead atoms. The lowest BCUT2D eigenvalue weighted by molar-refractivity contribution is -0.115. The second-order valence-electron chi connectivity index (χ2n) is 7.17. The zero-order valence-corrected chi connectivity index (χ0v) is 19.3. The first-order chi connectivity index (χ1) is 15.4. The SMILES string of the molecule is COc1ccc(C(=O)Nc2cccc(SC(C)C(=O)Nc3ccc(C)cc3)c2)cc1OC. The van der Waals surface area contributed by atoms with Crippen molar-refractivity contribution in [2.24, 2.45) is 0 Å². The van der Waals surface area contributed by atoms with Crippen LogP contribution in [-0.4, -0.2) is 31.3 Å². The van der Waals surface area contributed by atoms with Crippen LogP contribution in [0, 0.1) is 6.92 Å². The molecule has 166 valence electrons. The van der Waals surface area contributed by atoms with Crippen molar-refractivity contribution in [2.45, 2.75) is 24.0 Å². The van der Waals surface area contributed by atoms with Gasteiger partial charge in [-0.2, -0.15) is 0 Å². The molecule has 0 aromatic heterocycles. The number of benzene rings is 3. The van der Waals surface area contributed by atoms with Crippen LogP contribution in [0.1, 0.15) is 22.8 Å². The van der Waals surface area contributed by atoms with Crippen LogP contribution in [0.3, 0.4) is 0 Å². The number of nitrogens with one attached hydrogen (secondary N) is 2. The Morgan fingerprint density at radius 2 is 1.56 bits per heavy atom. The Balaban J connectivity index is 1.64. The van der Waals surface area contributed by atoms with Gasteiger partial charge in [0.15, 0.2) is 11.5 Å². The Bertz CT molecular complexity index is 1100. The average molecular weight is 451 g/mol. The van der Waals surface area contributed by atoms with Crippen molar-refractivity contribution in [1.82, 2.24) is 0 Å². The fourth-order valence-corrected chi connectivity index (χ4v) is 3.89. The van der Waals surface area contributed by atoms with E-state index in [0.717, 1.165) is 16.1 Å². The van der Waals surface area contributed by atoms with Gasteiger partial charge < -0.3 is 20.1 Å². The summed E-state index contributed by atoms with van der Waals surface area (Å²) in [4.78, 5) is 26.1. The minimum absolute atomic E-state index is 0.0846. The second-order valence-corrected chi connectivity index (χ2v) is 8.58. The molecule has 0 fully saturated rings. The summed E-state index contributed by atoms with van der Waals surface area (Å²) in [6, 6.07) is 20.1. The van der Waals surface area contributed by atoms with Gasteiger partial charge in [0.25, 0.3) is 5.91 Å². The quantitative estimate of drug-likeness (QED) is 0.451. The van der Waals surface area contributed by atoms with Gasteiger partial charge in [-0.05, 0) is 62.4 Å². The zero-order valence-electron chi connectivity index (χ0n) is 18.5. The molecule has 0 aliphatic rings. The highest BCUT2D eigenvalue weighted by Gasteiger charge is 2.16. The Kier molecular flexibility index (Phi) is 7.78. The van der Waals surface area contributed by atoms with Crippen LogP contribution >= 0.6 is 11.8 Å². The molecule has 0 saturated carbocycles. The van der Waals surface area contributed by atoms with Crippen molar-refractivity contribution >= 4 is 35.0 Å². The van der Waals surface area contributed by atoms with Crippen molar-refractivity contribution in [3.8, 4) is 11.5 Å². The third-order valence-corrected chi connectivity index (χ3v) is 5.83. The van der Waals surface area contributed by atoms with E-state index in [1.165, 1.54) is 18.9 Å². The number of rotatable bonds is 8. The van der Waals surface area contributed by atoms with E-state index in [4.69, 9.17) is 9.47 Å². The number of anilines is 2. The lowest BCUT2D eigenvalue weighted by atomic mass is 10.2. The first-order valence-electron chi connectivity index (χ1n) is 10.1. The number of aryl methyl sites for hydroxylation is 1. The number of ether oxygens (including phenoxy) is 2. The van der Waals surface area contributed by atoms with Crippen LogP contribution < -0.4 is 20.1 Å². The van der Waals surface area contributed by atoms with Gasteiger partial charge in [0.05, 0.1) is 19.5 Å². The molecule has 32 heavy (non-hydrogen) atoms. The summed E-state index contributed by atoms with van der Waals surface area (Å²) in [5.41, 5.74) is 2.99. The highest BCUT2D eigenvalue weighted by atomic mass is 32.2. The van der Waals surface area contributed by atoms with Crippen molar-refractivity contribution in [1.29, 1.82) is 0 Å². The van der Waals surface area contributed by atoms with Gasteiger partial charge in [-0.3, -0.25) is 9.59 Å². The number of carbonyl (C=O) groups excluding carboxylic acids is 2. The molecule has 0 spiro atoms. The van der Waals surface area contributed by atoms with Gasteiger partial charge in [-0.15, -0.1) is 11.8 Å². The van der Waals surface area contributed by atoms with Crippen molar-refractivity contribution < 1.29 is 19.1 Å². The molecule has 2 N–H and O–H groups in total. The molecular formula is C25H26N2O4S. The van der Waals surface area contributed by atoms with Gasteiger partial charge >= 0.3 is 0 Å². The normalized spacial score (nSPS) is 11.4. The molecule has 3 rings (SSSR count). The fourth-order valence-electron chi connectivity index (χ4n) is 2.97. The lowest BCUT2D eigenvalue weighted by Crippen LogP contribution is -2.22. The molecule has 0 radical (unpaired) electrons. The Hall–Kier alpha value is -3.45. The minimum atomic E-state index is -0.312. The van der Waals surface area contributed by atoms with Crippen molar-refractivity contribution in [3.05, 3.63) is 77.9 Å². The Morgan fingerprint density at radius 1 is 0.844 bits per heavy atom. The molecule has 2 amide bonds. The first-order valence-corrected chi connectivity index (χ1v) is 10.9. The summed E-state index contributed by atoms with van der Waals surface area (Å²) in [5.74, 6) is 0.690. The van der Waals surface area contributed by atoms with E-state index < -0.39 is 0 Å². The van der Waals surface area contributed by atoms with E-state index in [1.807, 2.05) is 56.3 Å². The Labute approximate surface area is 192 Å². The smallest absolute Gasteiger partial charge is 0.255 e. The molecule has 6 nitrogen and oxygen atoms in total. The number of hydrogen-bond acceptors (Lipinski definition) is 5. The van der Waals surface area contributed by atoms with Gasteiger partial charge in [0, 0.05) is 21.8 Å². The van der Waals surface area contributed by atoms with E-state index in [0.29, 0.717) is 22.7 Å². The highest BCUT2D eigenvalue weighted by Crippen LogP contribution is 2.29. The number of carbonyl (C=O) groups is 2. The largest absolute Gasteiger partial charge is 0.493 e. The monoisotopic (exact) mass is 450 g/mol. The fraction of sp³-hybridized carbons (Fsp3) is 0.200. The summed E-state index contributed by atoms with van der Waals surface area (Å²) >= 11 is 1.42. The van der Waals surface area contributed by atoms with E-state index in [2.05, 4.69) is 10.6 Å². The summed E-state index contributed by atoms with van der Waals surface area (Å²) in [7, 11) is 3.07. The first kappa shape index (κ1) is 23.2. The summed E-state index contributed by atoms with van der Waals surface area (Å²) in [6.45, 7) is 3.85. The number of amides is 2. The molecule has 0 aliphatic carbocycles. The van der Waals surface area contributed by atoms with Crippen LogP contribution in [0.4, 0.5) is 11.4 Å². The van der Waals surface area contributed by atoms with E-state index in [-0.39, 0.29) is 17.1 Å². The molecular weight excluding hydrogens is 424 g/mol. The summed E-state index contributed by atoms with van der Waals surface area (Å²) in [6.07, 6.45) is 0. The van der Waals surface area contributed by atoms with Crippen LogP contribution in [0.15, 0.2) is 71.6 Å². The van der Waals surface area contributed by atoms with Crippen LogP contribution in [0.5, 0.6) is 11.5 Å². The maximum absolute atomic E-state index is 12.7. The van der Waals surface area contributed by atoms with Crippen molar-refractivity contribution in [3.63, 3.8) is 0 Å². The van der Waals surface area contributed by atoms with E-state index in [1.54, 1.807) is 31.4 Å². The topological polar surface area (TPSA) is 76.7 Å². The molecule has 1 atom stereocenters. The lowest BCUT2D eigenvalue weighted by Gasteiger charge is -2.13. The molecule has 0 heterocycles. The van der Waals surface area contributed by atoms with E-state index in [9.17, 15) is 9.59 Å². The highest BCUT2D eigenvalue weighted by molar-refractivity contribution is 8.00. The molecule has 0 saturated heterocycles. The molecule has 3 aromatic rings.